The van der Waals surface area contributed by atoms with Crippen molar-refractivity contribution >= 4 is 18.0 Å². The monoisotopic (exact) mass is 450 g/mol. The summed E-state index contributed by atoms with van der Waals surface area (Å²) in [5.74, 6) is -1.51. The third-order valence-electron chi connectivity index (χ3n) is 6.79. The molecule has 5 rings (SSSR count). The lowest BCUT2D eigenvalue weighted by Gasteiger charge is -2.33. The number of nitrogens with zero attached hydrogens (tertiary/aromatic N) is 1. The van der Waals surface area contributed by atoms with Crippen molar-refractivity contribution in [1.82, 2.24) is 10.2 Å². The van der Waals surface area contributed by atoms with Crippen molar-refractivity contribution in [2.75, 3.05) is 32.9 Å². The molecular weight excluding hydrogens is 424 g/mol. The molecule has 2 aromatic carbocycles. The lowest BCUT2D eigenvalue weighted by molar-refractivity contribution is -0.159. The molecule has 2 N–H and O–H groups in total. The summed E-state index contributed by atoms with van der Waals surface area (Å²) in [6, 6.07) is 15.4. The number of hydrogen-bond donors (Lipinski definition) is 2. The highest BCUT2D eigenvalue weighted by Crippen LogP contribution is 2.44. The van der Waals surface area contributed by atoms with Gasteiger partial charge in [-0.2, -0.15) is 0 Å². The number of carbonyl (C=O) groups is 3. The summed E-state index contributed by atoms with van der Waals surface area (Å²) in [6.07, 6.45) is 0.122. The third-order valence-corrected chi connectivity index (χ3v) is 6.79. The summed E-state index contributed by atoms with van der Waals surface area (Å²) in [4.78, 5) is 37.9. The Balaban J connectivity index is 1.12. The molecule has 1 aliphatic heterocycles. The highest BCUT2D eigenvalue weighted by molar-refractivity contribution is 5.87. The van der Waals surface area contributed by atoms with Crippen LogP contribution in [0.3, 0.4) is 0 Å². The number of morpholine rings is 1. The first-order chi connectivity index (χ1) is 16.0. The van der Waals surface area contributed by atoms with Crippen molar-refractivity contribution in [2.24, 2.45) is 11.8 Å². The SMILES string of the molecule is O=C(NCC1CC1C(=O)N1CCOCC1C(=O)O)OCC1c2ccccc2-c2ccccc21. The molecule has 8 nitrogen and oxygen atoms in total. The predicted octanol–water partition coefficient (Wildman–Crippen LogP) is 2.47. The molecule has 1 heterocycles. The highest BCUT2D eigenvalue weighted by atomic mass is 16.5. The van der Waals surface area contributed by atoms with Gasteiger partial charge in [-0.25, -0.2) is 9.59 Å². The maximum absolute atomic E-state index is 12.7. The second-order valence-corrected chi connectivity index (χ2v) is 8.77. The molecule has 8 heteroatoms. The van der Waals surface area contributed by atoms with Gasteiger partial charge in [0.25, 0.3) is 0 Å². The van der Waals surface area contributed by atoms with E-state index in [-0.39, 0.29) is 43.4 Å². The van der Waals surface area contributed by atoms with Gasteiger partial charge >= 0.3 is 12.1 Å². The molecule has 3 atom stereocenters. The molecule has 2 aliphatic carbocycles. The number of carbonyl (C=O) groups excluding carboxylic acids is 2. The topological polar surface area (TPSA) is 105 Å². The van der Waals surface area contributed by atoms with Gasteiger partial charge in [0.1, 0.15) is 6.61 Å². The number of aliphatic carboxylic acids is 1. The molecule has 0 aromatic heterocycles. The molecule has 2 aromatic rings. The van der Waals surface area contributed by atoms with E-state index in [1.54, 1.807) is 0 Å². The molecule has 0 bridgehead atoms. The lowest BCUT2D eigenvalue weighted by Crippen LogP contribution is -2.53. The minimum absolute atomic E-state index is 0.00438. The lowest BCUT2D eigenvalue weighted by atomic mass is 9.98. The summed E-state index contributed by atoms with van der Waals surface area (Å²) >= 11 is 0. The molecule has 0 radical (unpaired) electrons. The molecular formula is C25H26N2O6. The number of rotatable bonds is 6. The van der Waals surface area contributed by atoms with Crippen LogP contribution in [-0.4, -0.2) is 66.9 Å². The first-order valence-corrected chi connectivity index (χ1v) is 11.2. The van der Waals surface area contributed by atoms with E-state index in [2.05, 4.69) is 29.6 Å². The Labute approximate surface area is 191 Å². The van der Waals surface area contributed by atoms with E-state index in [1.807, 2.05) is 24.3 Å². The van der Waals surface area contributed by atoms with Gasteiger partial charge in [0, 0.05) is 24.9 Å². The number of carboxylic acid groups (broad SMARTS) is 1. The van der Waals surface area contributed by atoms with Crippen LogP contribution < -0.4 is 5.32 Å². The van der Waals surface area contributed by atoms with E-state index < -0.39 is 18.1 Å². The Morgan fingerprint density at radius 3 is 2.39 bits per heavy atom. The zero-order chi connectivity index (χ0) is 22.9. The number of nitrogens with one attached hydrogen (secondary N) is 1. The van der Waals surface area contributed by atoms with Crippen LogP contribution in [0.1, 0.15) is 23.5 Å². The molecule has 3 aliphatic rings. The molecule has 1 saturated carbocycles. The van der Waals surface area contributed by atoms with Crippen molar-refractivity contribution < 1.29 is 29.0 Å². The van der Waals surface area contributed by atoms with Crippen LogP contribution >= 0.6 is 0 Å². The minimum atomic E-state index is -1.06. The number of amides is 2. The molecule has 172 valence electrons. The molecule has 0 spiro atoms. The second kappa shape index (κ2) is 8.86. The Kier molecular flexibility index (Phi) is 5.76. The van der Waals surface area contributed by atoms with Crippen LogP contribution in [0.4, 0.5) is 4.79 Å². The van der Waals surface area contributed by atoms with Crippen LogP contribution in [0.2, 0.25) is 0 Å². The number of fused-ring (bicyclic) bond motifs is 3. The molecule has 2 fully saturated rings. The van der Waals surface area contributed by atoms with E-state index in [1.165, 1.54) is 16.0 Å². The largest absolute Gasteiger partial charge is 0.480 e. The number of benzene rings is 2. The van der Waals surface area contributed by atoms with E-state index in [9.17, 15) is 19.5 Å². The zero-order valence-corrected chi connectivity index (χ0v) is 18.1. The van der Waals surface area contributed by atoms with Crippen LogP contribution in [0, 0.1) is 11.8 Å². The van der Waals surface area contributed by atoms with Gasteiger partial charge < -0.3 is 24.8 Å². The Morgan fingerprint density at radius 2 is 1.73 bits per heavy atom. The Bertz CT molecular complexity index is 1040. The fourth-order valence-corrected chi connectivity index (χ4v) is 4.92. The fraction of sp³-hybridized carbons (Fsp3) is 0.400. The molecule has 1 saturated heterocycles. The maximum atomic E-state index is 12.7. The summed E-state index contributed by atoms with van der Waals surface area (Å²) in [7, 11) is 0. The minimum Gasteiger partial charge on any atom is -0.480 e. The fourth-order valence-electron chi connectivity index (χ4n) is 4.92. The van der Waals surface area contributed by atoms with Crippen molar-refractivity contribution in [3.63, 3.8) is 0 Å². The van der Waals surface area contributed by atoms with E-state index in [4.69, 9.17) is 9.47 Å². The smallest absolute Gasteiger partial charge is 0.407 e. The third kappa shape index (κ3) is 4.18. The quantitative estimate of drug-likeness (QED) is 0.701. The van der Waals surface area contributed by atoms with Gasteiger partial charge in [-0.05, 0) is 34.6 Å². The van der Waals surface area contributed by atoms with Crippen LogP contribution in [0.25, 0.3) is 11.1 Å². The van der Waals surface area contributed by atoms with Crippen molar-refractivity contribution in [3.8, 4) is 11.1 Å². The van der Waals surface area contributed by atoms with E-state index >= 15 is 0 Å². The van der Waals surface area contributed by atoms with Gasteiger partial charge in [0.15, 0.2) is 6.04 Å². The van der Waals surface area contributed by atoms with Crippen LogP contribution in [-0.2, 0) is 19.1 Å². The first kappa shape index (κ1) is 21.5. The van der Waals surface area contributed by atoms with Crippen LogP contribution in [0.15, 0.2) is 48.5 Å². The van der Waals surface area contributed by atoms with Crippen LogP contribution in [0.5, 0.6) is 0 Å². The van der Waals surface area contributed by atoms with Crippen molar-refractivity contribution in [1.29, 1.82) is 0 Å². The van der Waals surface area contributed by atoms with Gasteiger partial charge in [0.05, 0.1) is 13.2 Å². The normalized spacial score (nSPS) is 23.4. The van der Waals surface area contributed by atoms with Gasteiger partial charge in [-0.3, -0.25) is 4.79 Å². The predicted molar refractivity (Wildman–Crippen MR) is 119 cm³/mol. The Hall–Kier alpha value is -3.39. The number of ether oxygens (including phenoxy) is 2. The highest BCUT2D eigenvalue weighted by Gasteiger charge is 2.47. The zero-order valence-electron chi connectivity index (χ0n) is 18.1. The standard InChI is InChI=1S/C25H26N2O6/c28-23(27-9-10-32-14-22(27)24(29)30)20-11-15(20)12-26-25(31)33-13-21-18-7-3-1-5-16(18)17-6-2-4-8-19(17)21/h1-8,15,20-22H,9-14H2,(H,26,31)(H,29,30). The van der Waals surface area contributed by atoms with Crippen molar-refractivity contribution in [2.45, 2.75) is 18.4 Å². The van der Waals surface area contributed by atoms with Gasteiger partial charge in [0.2, 0.25) is 5.91 Å². The summed E-state index contributed by atoms with van der Waals surface area (Å²) in [6.45, 7) is 1.19. The van der Waals surface area contributed by atoms with E-state index in [0.717, 1.165) is 11.1 Å². The molecule has 2 amide bonds. The van der Waals surface area contributed by atoms with E-state index in [0.29, 0.717) is 19.6 Å². The summed E-state index contributed by atoms with van der Waals surface area (Å²) in [5.41, 5.74) is 4.64. The average Bonchev–Trinajstić information content (AvgIpc) is 3.55. The number of alkyl carbamates (subject to hydrolysis) is 1. The van der Waals surface area contributed by atoms with Gasteiger partial charge in [-0.1, -0.05) is 48.5 Å². The summed E-state index contributed by atoms with van der Waals surface area (Å²) < 4.78 is 10.7. The molecule has 3 unspecified atom stereocenters. The van der Waals surface area contributed by atoms with Crippen molar-refractivity contribution in [3.05, 3.63) is 59.7 Å². The second-order valence-electron chi connectivity index (χ2n) is 8.77. The first-order valence-electron chi connectivity index (χ1n) is 11.2. The molecule has 33 heavy (non-hydrogen) atoms. The average molecular weight is 450 g/mol. The summed E-state index contributed by atoms with van der Waals surface area (Å²) in [5, 5.41) is 12.1. The Morgan fingerprint density at radius 1 is 1.06 bits per heavy atom. The van der Waals surface area contributed by atoms with Gasteiger partial charge in [-0.15, -0.1) is 0 Å². The number of hydrogen-bond acceptors (Lipinski definition) is 5. The maximum Gasteiger partial charge on any atom is 0.407 e. The number of carboxylic acids is 1.